The summed E-state index contributed by atoms with van der Waals surface area (Å²) in [6, 6.07) is 0. The van der Waals surface area contributed by atoms with Gasteiger partial charge in [0.2, 0.25) is 0 Å². The third kappa shape index (κ3) is 1.75. The quantitative estimate of drug-likeness (QED) is 0.701. The van der Waals surface area contributed by atoms with Crippen LogP contribution in [0.1, 0.15) is 15.9 Å². The van der Waals surface area contributed by atoms with E-state index in [1.54, 1.807) is 12.4 Å². The van der Waals surface area contributed by atoms with Gasteiger partial charge in [-0.05, 0) is 0 Å². The van der Waals surface area contributed by atoms with Crippen LogP contribution in [-0.4, -0.2) is 26.2 Å². The zero-order valence-electron chi connectivity index (χ0n) is 6.52. The standard InChI is InChI=1S/C7H6N4O.ClH/c12-7(5-1-8-9-2-5)6-3-10-11-4-6;/h1-4H,(H,8,9)(H,10,11);1H. The third-order valence-electron chi connectivity index (χ3n) is 1.52. The lowest BCUT2D eigenvalue weighted by molar-refractivity contribution is 0.103. The van der Waals surface area contributed by atoms with Crippen LogP contribution in [0.15, 0.2) is 24.8 Å². The van der Waals surface area contributed by atoms with Gasteiger partial charge in [-0.3, -0.25) is 15.0 Å². The van der Waals surface area contributed by atoms with Gasteiger partial charge < -0.3 is 0 Å². The Morgan fingerprint density at radius 1 is 1.08 bits per heavy atom. The van der Waals surface area contributed by atoms with Gasteiger partial charge in [-0.25, -0.2) is 0 Å². The molecule has 6 heteroatoms. The summed E-state index contributed by atoms with van der Waals surface area (Å²) in [5.74, 6) is -0.0856. The molecular weight excluding hydrogens is 192 g/mol. The van der Waals surface area contributed by atoms with Crippen molar-refractivity contribution in [1.82, 2.24) is 20.4 Å². The number of hydrogen-bond acceptors (Lipinski definition) is 3. The summed E-state index contributed by atoms with van der Waals surface area (Å²) in [6.07, 6.45) is 6.06. The normalized spacial score (nSPS) is 9.23. The Balaban J connectivity index is 0.000000845. The molecule has 0 aromatic carbocycles. The third-order valence-corrected chi connectivity index (χ3v) is 1.52. The van der Waals surface area contributed by atoms with E-state index in [4.69, 9.17) is 0 Å². The molecule has 68 valence electrons. The van der Waals surface area contributed by atoms with Crippen LogP contribution in [-0.2, 0) is 0 Å². The van der Waals surface area contributed by atoms with Crippen molar-refractivity contribution in [3.05, 3.63) is 35.9 Å². The van der Waals surface area contributed by atoms with Crippen molar-refractivity contribution in [2.45, 2.75) is 0 Å². The molecule has 0 aliphatic heterocycles. The molecule has 0 fully saturated rings. The van der Waals surface area contributed by atoms with Gasteiger partial charge in [-0.2, -0.15) is 10.2 Å². The highest BCUT2D eigenvalue weighted by molar-refractivity contribution is 6.08. The fourth-order valence-corrected chi connectivity index (χ4v) is 0.917. The topological polar surface area (TPSA) is 74.4 Å². The lowest BCUT2D eigenvalue weighted by Gasteiger charge is -1.88. The average Bonchev–Trinajstić information content (AvgIpc) is 2.77. The molecular formula is C7H7ClN4O. The highest BCUT2D eigenvalue weighted by Crippen LogP contribution is 2.04. The van der Waals surface area contributed by atoms with Crippen LogP contribution in [0.3, 0.4) is 0 Å². The Morgan fingerprint density at radius 2 is 1.54 bits per heavy atom. The van der Waals surface area contributed by atoms with Gasteiger partial charge >= 0.3 is 0 Å². The summed E-state index contributed by atoms with van der Waals surface area (Å²) in [7, 11) is 0. The second kappa shape index (κ2) is 3.86. The van der Waals surface area contributed by atoms with Crippen LogP contribution in [0.5, 0.6) is 0 Å². The van der Waals surface area contributed by atoms with E-state index in [1.807, 2.05) is 0 Å². The van der Waals surface area contributed by atoms with Crippen LogP contribution in [0.4, 0.5) is 0 Å². The zero-order chi connectivity index (χ0) is 8.39. The molecule has 0 aliphatic rings. The number of nitrogens with one attached hydrogen (secondary N) is 2. The molecule has 0 aliphatic carbocycles. The highest BCUT2D eigenvalue weighted by Gasteiger charge is 2.09. The summed E-state index contributed by atoms with van der Waals surface area (Å²) in [6.45, 7) is 0. The van der Waals surface area contributed by atoms with E-state index in [-0.39, 0.29) is 18.2 Å². The van der Waals surface area contributed by atoms with Gasteiger partial charge in [0.05, 0.1) is 23.5 Å². The van der Waals surface area contributed by atoms with Crippen LogP contribution in [0, 0.1) is 0 Å². The maximum Gasteiger partial charge on any atom is 0.199 e. The van der Waals surface area contributed by atoms with Gasteiger partial charge in [-0.15, -0.1) is 12.4 Å². The Morgan fingerprint density at radius 3 is 1.85 bits per heavy atom. The minimum absolute atomic E-state index is 0. The van der Waals surface area contributed by atoms with E-state index in [9.17, 15) is 4.79 Å². The van der Waals surface area contributed by atoms with E-state index in [0.29, 0.717) is 11.1 Å². The first-order valence-electron chi connectivity index (χ1n) is 3.40. The smallest absolute Gasteiger partial charge is 0.199 e. The Bertz CT molecular complexity index is 331. The molecule has 0 unspecified atom stereocenters. The highest BCUT2D eigenvalue weighted by atomic mass is 35.5. The van der Waals surface area contributed by atoms with Crippen molar-refractivity contribution in [2.75, 3.05) is 0 Å². The summed E-state index contributed by atoms with van der Waals surface area (Å²) in [4.78, 5) is 11.4. The monoisotopic (exact) mass is 198 g/mol. The Kier molecular flexibility index (Phi) is 2.81. The minimum Gasteiger partial charge on any atom is -0.288 e. The van der Waals surface area contributed by atoms with Gasteiger partial charge in [-0.1, -0.05) is 0 Å². The number of H-pyrrole nitrogens is 2. The molecule has 0 spiro atoms. The van der Waals surface area contributed by atoms with Crippen molar-refractivity contribution in [3.63, 3.8) is 0 Å². The predicted molar refractivity (Wildman–Crippen MR) is 47.9 cm³/mol. The molecule has 5 nitrogen and oxygen atoms in total. The van der Waals surface area contributed by atoms with E-state index >= 15 is 0 Å². The largest absolute Gasteiger partial charge is 0.288 e. The number of aromatic amines is 2. The number of hydrogen-bond donors (Lipinski definition) is 2. The number of halogens is 1. The van der Waals surface area contributed by atoms with Crippen molar-refractivity contribution in [3.8, 4) is 0 Å². The Hall–Kier alpha value is -1.62. The van der Waals surface area contributed by atoms with Crippen molar-refractivity contribution in [1.29, 1.82) is 0 Å². The predicted octanol–water partition coefficient (Wildman–Crippen LogP) is 0.786. The summed E-state index contributed by atoms with van der Waals surface area (Å²) in [5.41, 5.74) is 1.08. The maximum atomic E-state index is 11.4. The fraction of sp³-hybridized carbons (Fsp3) is 0. The first-order valence-corrected chi connectivity index (χ1v) is 3.40. The molecule has 0 saturated heterocycles. The van der Waals surface area contributed by atoms with Crippen LogP contribution < -0.4 is 0 Å². The van der Waals surface area contributed by atoms with Gasteiger partial charge in [0.25, 0.3) is 0 Å². The van der Waals surface area contributed by atoms with Crippen molar-refractivity contribution in [2.24, 2.45) is 0 Å². The molecule has 0 bridgehead atoms. The molecule has 2 N–H and O–H groups in total. The SMILES string of the molecule is Cl.O=C(c1cn[nH]c1)c1cn[nH]c1. The fourth-order valence-electron chi connectivity index (χ4n) is 0.917. The van der Waals surface area contributed by atoms with Crippen molar-refractivity contribution < 1.29 is 4.79 Å². The van der Waals surface area contributed by atoms with Gasteiger partial charge in [0.15, 0.2) is 5.78 Å². The average molecular weight is 199 g/mol. The lowest BCUT2D eigenvalue weighted by atomic mass is 10.1. The van der Waals surface area contributed by atoms with Crippen LogP contribution in [0.25, 0.3) is 0 Å². The minimum atomic E-state index is -0.0856. The first-order chi connectivity index (χ1) is 5.88. The van der Waals surface area contributed by atoms with E-state index in [2.05, 4.69) is 20.4 Å². The second-order valence-electron chi connectivity index (χ2n) is 2.30. The Labute approximate surface area is 80.0 Å². The van der Waals surface area contributed by atoms with Crippen molar-refractivity contribution >= 4 is 18.2 Å². The van der Waals surface area contributed by atoms with E-state index < -0.39 is 0 Å². The molecule has 0 radical (unpaired) electrons. The molecule has 2 rings (SSSR count). The molecule has 2 aromatic rings. The summed E-state index contributed by atoms with van der Waals surface area (Å²) in [5, 5.41) is 12.5. The number of ketones is 1. The molecule has 0 saturated carbocycles. The molecule has 0 atom stereocenters. The number of carbonyl (C=O) groups excluding carboxylic acids is 1. The molecule has 13 heavy (non-hydrogen) atoms. The number of aromatic nitrogens is 4. The van der Waals surface area contributed by atoms with E-state index in [1.165, 1.54) is 12.4 Å². The lowest BCUT2D eigenvalue weighted by Crippen LogP contribution is -1.96. The second-order valence-corrected chi connectivity index (χ2v) is 2.30. The zero-order valence-corrected chi connectivity index (χ0v) is 7.34. The first kappa shape index (κ1) is 9.47. The number of nitrogens with zero attached hydrogens (tertiary/aromatic N) is 2. The molecule has 2 aromatic heterocycles. The van der Waals surface area contributed by atoms with Gasteiger partial charge in [0, 0.05) is 12.4 Å². The number of carbonyl (C=O) groups is 1. The van der Waals surface area contributed by atoms with Crippen LogP contribution in [0.2, 0.25) is 0 Å². The maximum absolute atomic E-state index is 11.4. The van der Waals surface area contributed by atoms with Gasteiger partial charge in [0.1, 0.15) is 0 Å². The molecule has 0 amide bonds. The van der Waals surface area contributed by atoms with Crippen LogP contribution >= 0.6 is 12.4 Å². The molecule has 2 heterocycles. The van der Waals surface area contributed by atoms with E-state index in [0.717, 1.165) is 0 Å². The summed E-state index contributed by atoms with van der Waals surface area (Å²) >= 11 is 0. The number of rotatable bonds is 2. The summed E-state index contributed by atoms with van der Waals surface area (Å²) < 4.78 is 0.